The third-order valence-electron chi connectivity index (χ3n) is 1.71. The van der Waals surface area contributed by atoms with Crippen LogP contribution in [0.5, 0.6) is 0 Å². The Bertz CT molecular complexity index is 287. The van der Waals surface area contributed by atoms with Crippen molar-refractivity contribution < 1.29 is 5.11 Å². The van der Waals surface area contributed by atoms with Crippen molar-refractivity contribution in [1.82, 2.24) is 5.32 Å². The minimum atomic E-state index is -0.426. The monoisotopic (exact) mass is 377 g/mol. The summed E-state index contributed by atoms with van der Waals surface area (Å²) in [6, 6.07) is 2.35. The molecule has 0 bridgehead atoms. The quantitative estimate of drug-likeness (QED) is 0.836. The van der Waals surface area contributed by atoms with E-state index >= 15 is 0 Å². The van der Waals surface area contributed by atoms with E-state index in [1.807, 2.05) is 6.07 Å². The molecule has 1 aromatic rings. The highest BCUT2D eigenvalue weighted by Gasteiger charge is 2.12. The highest BCUT2D eigenvalue weighted by Crippen LogP contribution is 2.35. The van der Waals surface area contributed by atoms with Crippen LogP contribution in [0.25, 0.3) is 0 Å². The second-order valence-corrected chi connectivity index (χ2v) is 6.61. The van der Waals surface area contributed by atoms with Crippen LogP contribution in [-0.2, 0) is 0 Å². The van der Waals surface area contributed by atoms with Crippen molar-refractivity contribution in [3.63, 3.8) is 0 Å². The molecule has 2 nitrogen and oxygen atoms in total. The minimum Gasteiger partial charge on any atom is -0.386 e. The normalized spacial score (nSPS) is 12.7. The third kappa shape index (κ3) is 5.15. The largest absolute Gasteiger partial charge is 0.386 e. The molecule has 0 saturated carbocycles. The number of rotatable bonds is 4. The zero-order valence-corrected chi connectivity index (χ0v) is 13.3. The van der Waals surface area contributed by atoms with Crippen LogP contribution < -0.4 is 5.32 Å². The SMILES string of the molecule is CC(C)NCC(O)c1cc(Br)c(Br)s1.Cl. The average molecular weight is 380 g/mol. The van der Waals surface area contributed by atoms with Crippen molar-refractivity contribution in [2.45, 2.75) is 26.0 Å². The van der Waals surface area contributed by atoms with Crippen molar-refractivity contribution in [1.29, 1.82) is 0 Å². The Labute approximate surface area is 117 Å². The van der Waals surface area contributed by atoms with E-state index in [0.717, 1.165) is 13.1 Å². The fourth-order valence-corrected chi connectivity index (χ4v) is 3.05. The molecule has 0 fully saturated rings. The van der Waals surface area contributed by atoms with Gasteiger partial charge >= 0.3 is 0 Å². The number of aliphatic hydroxyl groups is 1. The summed E-state index contributed by atoms with van der Waals surface area (Å²) in [6.07, 6.45) is -0.426. The van der Waals surface area contributed by atoms with Crippen molar-refractivity contribution in [2.24, 2.45) is 0 Å². The van der Waals surface area contributed by atoms with E-state index in [1.54, 1.807) is 11.3 Å². The first-order valence-corrected chi connectivity index (χ1v) is 6.77. The number of hydrogen-bond donors (Lipinski definition) is 2. The summed E-state index contributed by atoms with van der Waals surface area (Å²) >= 11 is 8.35. The molecule has 88 valence electrons. The van der Waals surface area contributed by atoms with Gasteiger partial charge in [0, 0.05) is 21.9 Å². The summed E-state index contributed by atoms with van der Waals surface area (Å²) in [5.74, 6) is 0. The number of halogens is 3. The summed E-state index contributed by atoms with van der Waals surface area (Å²) in [7, 11) is 0. The fourth-order valence-electron chi connectivity index (χ4n) is 0.975. The van der Waals surface area contributed by atoms with Gasteiger partial charge in [-0.25, -0.2) is 0 Å². The molecule has 15 heavy (non-hydrogen) atoms. The smallest absolute Gasteiger partial charge is 0.101 e. The lowest BCUT2D eigenvalue weighted by Crippen LogP contribution is -2.27. The van der Waals surface area contributed by atoms with Crippen LogP contribution >= 0.6 is 55.6 Å². The molecular weight excluding hydrogens is 365 g/mol. The van der Waals surface area contributed by atoms with Gasteiger partial charge in [0.15, 0.2) is 0 Å². The Morgan fingerprint density at radius 1 is 1.47 bits per heavy atom. The van der Waals surface area contributed by atoms with Gasteiger partial charge in [-0.2, -0.15) is 0 Å². The molecule has 0 aliphatic rings. The molecule has 1 unspecified atom stereocenters. The van der Waals surface area contributed by atoms with Gasteiger partial charge in [-0.3, -0.25) is 0 Å². The summed E-state index contributed by atoms with van der Waals surface area (Å²) in [6.45, 7) is 4.72. The summed E-state index contributed by atoms with van der Waals surface area (Å²) in [5, 5.41) is 13.0. The second kappa shape index (κ2) is 7.25. The van der Waals surface area contributed by atoms with Crippen molar-refractivity contribution in [3.05, 3.63) is 19.2 Å². The Morgan fingerprint density at radius 2 is 2.07 bits per heavy atom. The lowest BCUT2D eigenvalue weighted by Gasteiger charge is -2.12. The summed E-state index contributed by atoms with van der Waals surface area (Å²) in [5.41, 5.74) is 0. The Balaban J connectivity index is 0.00000196. The maximum absolute atomic E-state index is 9.81. The van der Waals surface area contributed by atoms with E-state index in [4.69, 9.17) is 0 Å². The fraction of sp³-hybridized carbons (Fsp3) is 0.556. The zero-order valence-electron chi connectivity index (χ0n) is 8.46. The molecule has 1 atom stereocenters. The zero-order chi connectivity index (χ0) is 10.7. The van der Waals surface area contributed by atoms with Crippen LogP contribution in [-0.4, -0.2) is 17.7 Å². The van der Waals surface area contributed by atoms with Crippen LogP contribution in [0.2, 0.25) is 0 Å². The molecule has 0 aliphatic carbocycles. The van der Waals surface area contributed by atoms with Crippen molar-refractivity contribution >= 4 is 55.6 Å². The molecule has 0 spiro atoms. The number of nitrogens with one attached hydrogen (secondary N) is 1. The maximum atomic E-state index is 9.81. The van der Waals surface area contributed by atoms with Gasteiger partial charge in [-0.15, -0.1) is 23.7 Å². The van der Waals surface area contributed by atoms with Crippen LogP contribution in [0.15, 0.2) is 14.3 Å². The van der Waals surface area contributed by atoms with E-state index in [2.05, 4.69) is 51.0 Å². The van der Waals surface area contributed by atoms with Gasteiger partial charge in [0.1, 0.15) is 6.10 Å². The van der Waals surface area contributed by atoms with Crippen LogP contribution in [0.1, 0.15) is 24.8 Å². The minimum absolute atomic E-state index is 0. The topological polar surface area (TPSA) is 32.3 Å². The molecule has 0 amide bonds. The average Bonchev–Trinajstić information content (AvgIpc) is 2.43. The molecule has 2 N–H and O–H groups in total. The van der Waals surface area contributed by atoms with E-state index < -0.39 is 6.10 Å². The van der Waals surface area contributed by atoms with Gasteiger partial charge < -0.3 is 10.4 Å². The van der Waals surface area contributed by atoms with Gasteiger partial charge in [0.05, 0.1) is 3.79 Å². The van der Waals surface area contributed by atoms with Crippen LogP contribution in [0.3, 0.4) is 0 Å². The Kier molecular flexibility index (Phi) is 7.67. The molecule has 1 heterocycles. The van der Waals surface area contributed by atoms with Crippen LogP contribution in [0.4, 0.5) is 0 Å². The maximum Gasteiger partial charge on any atom is 0.101 e. The Hall–Kier alpha value is 0.870. The number of hydrogen-bond acceptors (Lipinski definition) is 3. The number of thiophene rings is 1. The molecule has 1 aromatic heterocycles. The second-order valence-electron chi connectivity index (χ2n) is 3.35. The molecule has 0 radical (unpaired) electrons. The highest BCUT2D eigenvalue weighted by molar-refractivity contribution is 9.13. The van der Waals surface area contributed by atoms with Gasteiger partial charge in [-0.05, 0) is 37.9 Å². The Morgan fingerprint density at radius 3 is 2.47 bits per heavy atom. The molecule has 0 saturated heterocycles. The first kappa shape index (κ1) is 15.9. The van der Waals surface area contributed by atoms with Gasteiger partial charge in [0.2, 0.25) is 0 Å². The van der Waals surface area contributed by atoms with E-state index in [0.29, 0.717) is 12.6 Å². The molecule has 0 aromatic carbocycles. The number of aliphatic hydroxyl groups excluding tert-OH is 1. The highest BCUT2D eigenvalue weighted by atomic mass is 79.9. The van der Waals surface area contributed by atoms with Gasteiger partial charge in [0.25, 0.3) is 0 Å². The lowest BCUT2D eigenvalue weighted by atomic mass is 10.2. The molecular formula is C9H14Br2ClNOS. The lowest BCUT2D eigenvalue weighted by molar-refractivity contribution is 0.175. The summed E-state index contributed by atoms with van der Waals surface area (Å²) in [4.78, 5) is 0.969. The van der Waals surface area contributed by atoms with Crippen LogP contribution in [0, 0.1) is 0 Å². The van der Waals surface area contributed by atoms with E-state index in [-0.39, 0.29) is 12.4 Å². The van der Waals surface area contributed by atoms with E-state index in [1.165, 1.54) is 0 Å². The van der Waals surface area contributed by atoms with Crippen molar-refractivity contribution in [3.8, 4) is 0 Å². The first-order chi connectivity index (χ1) is 6.50. The third-order valence-corrected chi connectivity index (χ3v) is 5.07. The summed E-state index contributed by atoms with van der Waals surface area (Å²) < 4.78 is 2.03. The first-order valence-electron chi connectivity index (χ1n) is 4.37. The van der Waals surface area contributed by atoms with E-state index in [9.17, 15) is 5.11 Å². The predicted molar refractivity (Wildman–Crippen MR) is 75.1 cm³/mol. The molecule has 6 heteroatoms. The molecule has 1 rings (SSSR count). The molecule has 0 aliphatic heterocycles. The predicted octanol–water partition coefficient (Wildman–Crippen LogP) is 3.73. The van der Waals surface area contributed by atoms with Crippen molar-refractivity contribution in [2.75, 3.05) is 6.54 Å². The van der Waals surface area contributed by atoms with Gasteiger partial charge in [-0.1, -0.05) is 13.8 Å². The standard InChI is InChI=1S/C9H13Br2NOS.ClH/c1-5(2)12-4-7(13)8-3-6(10)9(11)14-8;/h3,5,7,12-13H,4H2,1-2H3;1H.